The number of H-pyrrole nitrogens is 1. The Bertz CT molecular complexity index is 937. The maximum Gasteiger partial charge on any atom is 0.165 e. The zero-order valence-corrected chi connectivity index (χ0v) is 15.4. The molecule has 5 heteroatoms. The summed E-state index contributed by atoms with van der Waals surface area (Å²) in [4.78, 5) is 3.20. The maximum absolute atomic E-state index is 13.8. The Labute approximate surface area is 157 Å². The lowest BCUT2D eigenvalue weighted by atomic mass is 9.97. The Hall–Kier alpha value is -2.40. The fraction of sp³-hybridized carbons (Fsp3) is 0.364. The summed E-state index contributed by atoms with van der Waals surface area (Å²) in [5, 5.41) is 4.51. The summed E-state index contributed by atoms with van der Waals surface area (Å²) < 4.78 is 33.0. The third-order valence-corrected chi connectivity index (χ3v) is 5.37. The van der Waals surface area contributed by atoms with Crippen molar-refractivity contribution in [2.45, 2.75) is 44.8 Å². The van der Waals surface area contributed by atoms with Crippen LogP contribution in [0.3, 0.4) is 0 Å². The molecule has 1 unspecified atom stereocenters. The Morgan fingerprint density at radius 3 is 2.96 bits per heavy atom. The number of benzene rings is 2. The number of unbranched alkanes of at least 4 members (excludes halogenated alkanes) is 1. The first-order chi connectivity index (χ1) is 13.1. The molecule has 1 aromatic heterocycles. The van der Waals surface area contributed by atoms with Crippen molar-refractivity contribution < 1.29 is 13.5 Å². The first-order valence-electron chi connectivity index (χ1n) is 9.55. The molecule has 4 rings (SSSR count). The number of aromatic amines is 1. The van der Waals surface area contributed by atoms with Gasteiger partial charge in [0.1, 0.15) is 11.9 Å². The van der Waals surface area contributed by atoms with Crippen LogP contribution in [0.25, 0.3) is 10.9 Å². The molecule has 3 aromatic rings. The van der Waals surface area contributed by atoms with E-state index in [4.69, 9.17) is 4.74 Å². The van der Waals surface area contributed by atoms with Gasteiger partial charge in [-0.3, -0.25) is 0 Å². The average molecular weight is 370 g/mol. The van der Waals surface area contributed by atoms with Crippen LogP contribution < -0.4 is 10.1 Å². The Morgan fingerprint density at radius 2 is 2.07 bits per heavy atom. The number of para-hydroxylation sites is 1. The molecule has 27 heavy (non-hydrogen) atoms. The van der Waals surface area contributed by atoms with Crippen molar-refractivity contribution >= 4 is 10.9 Å². The number of rotatable bonds is 6. The summed E-state index contributed by atoms with van der Waals surface area (Å²) in [6.07, 6.45) is 5.63. The number of aryl methyl sites for hydroxylation is 1. The van der Waals surface area contributed by atoms with Gasteiger partial charge < -0.3 is 15.0 Å². The molecule has 1 aliphatic rings. The molecule has 3 nitrogen and oxygen atoms in total. The number of ether oxygens (including phenoxy) is 1. The zero-order valence-electron chi connectivity index (χ0n) is 15.4. The van der Waals surface area contributed by atoms with E-state index >= 15 is 0 Å². The standard InChI is InChI=1S/C22H24F2N2O/c1-14-21(11-15-6-4-7-19(24)22(15)27-14)25-10-3-2-5-16-13-26-20-9-8-17(23)12-18(16)20/h4,6-9,12-14,21,25-26H,2-3,5,10-11H2,1H3/t14?,21-/m1/s1. The topological polar surface area (TPSA) is 37.0 Å². The first-order valence-corrected chi connectivity index (χ1v) is 9.55. The van der Waals surface area contributed by atoms with Gasteiger partial charge in [0.2, 0.25) is 0 Å². The van der Waals surface area contributed by atoms with Crippen molar-refractivity contribution in [3.8, 4) is 5.75 Å². The smallest absolute Gasteiger partial charge is 0.165 e. The van der Waals surface area contributed by atoms with Crippen molar-refractivity contribution in [2.75, 3.05) is 6.54 Å². The molecule has 2 heterocycles. The van der Waals surface area contributed by atoms with Gasteiger partial charge in [0, 0.05) is 23.1 Å². The predicted molar refractivity (Wildman–Crippen MR) is 103 cm³/mol. The van der Waals surface area contributed by atoms with Gasteiger partial charge in [-0.2, -0.15) is 0 Å². The highest BCUT2D eigenvalue weighted by Crippen LogP contribution is 2.30. The molecule has 0 aliphatic carbocycles. The van der Waals surface area contributed by atoms with E-state index in [0.29, 0.717) is 5.75 Å². The number of hydrogen-bond acceptors (Lipinski definition) is 2. The monoisotopic (exact) mass is 370 g/mol. The maximum atomic E-state index is 13.8. The van der Waals surface area contributed by atoms with Crippen LogP contribution in [0, 0.1) is 11.6 Å². The van der Waals surface area contributed by atoms with E-state index in [2.05, 4.69) is 10.3 Å². The fourth-order valence-electron chi connectivity index (χ4n) is 3.84. The molecule has 0 saturated heterocycles. The van der Waals surface area contributed by atoms with Crippen LogP contribution in [-0.2, 0) is 12.8 Å². The van der Waals surface area contributed by atoms with Crippen LogP contribution in [0.1, 0.15) is 30.9 Å². The largest absolute Gasteiger partial charge is 0.486 e. The predicted octanol–water partition coefficient (Wildman–Crippen LogP) is 4.75. The Kier molecular flexibility index (Phi) is 5.12. The highest BCUT2D eigenvalue weighted by molar-refractivity contribution is 5.83. The van der Waals surface area contributed by atoms with Crippen LogP contribution in [0.2, 0.25) is 0 Å². The first kappa shape index (κ1) is 18.0. The minimum atomic E-state index is -0.284. The van der Waals surface area contributed by atoms with Gasteiger partial charge in [-0.15, -0.1) is 0 Å². The van der Waals surface area contributed by atoms with E-state index in [1.54, 1.807) is 18.2 Å². The summed E-state index contributed by atoms with van der Waals surface area (Å²) >= 11 is 0. The molecule has 142 valence electrons. The fourth-order valence-corrected chi connectivity index (χ4v) is 3.84. The second-order valence-corrected chi connectivity index (χ2v) is 7.28. The van der Waals surface area contributed by atoms with Gasteiger partial charge in [0.05, 0.1) is 0 Å². The molecular weight excluding hydrogens is 346 g/mol. The van der Waals surface area contributed by atoms with Crippen LogP contribution in [0.15, 0.2) is 42.6 Å². The Balaban J connectivity index is 1.27. The highest BCUT2D eigenvalue weighted by Gasteiger charge is 2.27. The normalized spacial score (nSPS) is 19.1. The molecule has 0 spiro atoms. The van der Waals surface area contributed by atoms with E-state index in [1.165, 1.54) is 12.1 Å². The van der Waals surface area contributed by atoms with Gasteiger partial charge in [-0.1, -0.05) is 12.1 Å². The number of nitrogens with one attached hydrogen (secondary N) is 2. The molecule has 0 fully saturated rings. The highest BCUT2D eigenvalue weighted by atomic mass is 19.1. The van der Waals surface area contributed by atoms with Crippen molar-refractivity contribution in [1.29, 1.82) is 0 Å². The van der Waals surface area contributed by atoms with Crippen molar-refractivity contribution in [1.82, 2.24) is 10.3 Å². The number of hydrogen-bond donors (Lipinski definition) is 2. The van der Waals surface area contributed by atoms with Gasteiger partial charge in [-0.05, 0) is 74.5 Å². The third-order valence-electron chi connectivity index (χ3n) is 5.37. The quantitative estimate of drug-likeness (QED) is 0.615. The minimum absolute atomic E-state index is 0.0639. The van der Waals surface area contributed by atoms with E-state index < -0.39 is 0 Å². The number of aromatic nitrogens is 1. The second-order valence-electron chi connectivity index (χ2n) is 7.28. The van der Waals surface area contributed by atoms with Crippen LogP contribution >= 0.6 is 0 Å². The minimum Gasteiger partial charge on any atom is -0.486 e. The molecule has 0 bridgehead atoms. The van der Waals surface area contributed by atoms with Crippen LogP contribution in [0.5, 0.6) is 5.75 Å². The molecule has 2 N–H and O–H groups in total. The molecular formula is C22H24F2N2O. The van der Waals surface area contributed by atoms with Crippen LogP contribution in [0.4, 0.5) is 8.78 Å². The average Bonchev–Trinajstić information content (AvgIpc) is 3.05. The van der Waals surface area contributed by atoms with Crippen molar-refractivity contribution in [2.24, 2.45) is 0 Å². The van der Waals surface area contributed by atoms with Gasteiger partial charge >= 0.3 is 0 Å². The lowest BCUT2D eigenvalue weighted by Crippen LogP contribution is -2.46. The van der Waals surface area contributed by atoms with E-state index in [0.717, 1.165) is 54.3 Å². The molecule has 2 atom stereocenters. The van der Waals surface area contributed by atoms with Crippen molar-refractivity contribution in [3.63, 3.8) is 0 Å². The van der Waals surface area contributed by atoms with Gasteiger partial charge in [0.15, 0.2) is 11.6 Å². The summed E-state index contributed by atoms with van der Waals surface area (Å²) in [5.74, 6) is -0.0874. The molecule has 0 radical (unpaired) electrons. The van der Waals surface area contributed by atoms with Crippen LogP contribution in [-0.4, -0.2) is 23.7 Å². The second kappa shape index (κ2) is 7.69. The lowest BCUT2D eigenvalue weighted by Gasteiger charge is -2.32. The molecule has 0 saturated carbocycles. The van der Waals surface area contributed by atoms with E-state index in [1.807, 2.05) is 19.2 Å². The van der Waals surface area contributed by atoms with E-state index in [9.17, 15) is 8.78 Å². The van der Waals surface area contributed by atoms with Crippen molar-refractivity contribution in [3.05, 3.63) is 65.4 Å². The Morgan fingerprint density at radius 1 is 1.19 bits per heavy atom. The van der Waals surface area contributed by atoms with Gasteiger partial charge in [-0.25, -0.2) is 8.78 Å². The van der Waals surface area contributed by atoms with Gasteiger partial charge in [0.25, 0.3) is 0 Å². The zero-order chi connectivity index (χ0) is 18.8. The molecule has 0 amide bonds. The molecule has 2 aromatic carbocycles. The summed E-state index contributed by atoms with van der Waals surface area (Å²) in [6, 6.07) is 10.1. The lowest BCUT2D eigenvalue weighted by molar-refractivity contribution is 0.142. The number of halogens is 2. The summed E-state index contributed by atoms with van der Waals surface area (Å²) in [7, 11) is 0. The number of fused-ring (bicyclic) bond motifs is 2. The SMILES string of the molecule is CC1Oc2c(F)cccc2C[C@H]1NCCCCc1c[nH]c2ccc(F)cc12. The third kappa shape index (κ3) is 3.83. The molecule has 1 aliphatic heterocycles. The summed E-state index contributed by atoms with van der Waals surface area (Å²) in [6.45, 7) is 2.85. The van der Waals surface area contributed by atoms with E-state index in [-0.39, 0.29) is 23.8 Å². The summed E-state index contributed by atoms with van der Waals surface area (Å²) in [5.41, 5.74) is 3.05.